The van der Waals surface area contributed by atoms with E-state index in [1.807, 2.05) is 0 Å². The van der Waals surface area contributed by atoms with Crippen molar-refractivity contribution in [3.05, 3.63) is 28.8 Å². The largest absolute Gasteiger partial charge is 0.496 e. The molecule has 0 atom stereocenters. The van der Waals surface area contributed by atoms with Crippen LogP contribution in [-0.4, -0.2) is 19.6 Å². The number of halogens is 1. The SMILES string of the molecule is CCCCCCCNC(=O)c1cc(Cl)ccc1OC. The van der Waals surface area contributed by atoms with E-state index in [1.165, 1.54) is 19.3 Å². The molecule has 1 rings (SSSR count). The van der Waals surface area contributed by atoms with Crippen molar-refractivity contribution in [1.29, 1.82) is 0 Å². The molecule has 1 N–H and O–H groups in total. The summed E-state index contributed by atoms with van der Waals surface area (Å²) in [7, 11) is 1.55. The van der Waals surface area contributed by atoms with E-state index in [2.05, 4.69) is 12.2 Å². The fourth-order valence-corrected chi connectivity index (χ4v) is 2.06. The average Bonchev–Trinajstić information content (AvgIpc) is 2.42. The number of amides is 1. The van der Waals surface area contributed by atoms with Crippen LogP contribution in [-0.2, 0) is 0 Å². The lowest BCUT2D eigenvalue weighted by Gasteiger charge is -2.09. The molecule has 1 amide bonds. The van der Waals surface area contributed by atoms with Gasteiger partial charge >= 0.3 is 0 Å². The molecule has 0 fully saturated rings. The Bertz CT molecular complexity index is 407. The number of methoxy groups -OCH3 is 1. The van der Waals surface area contributed by atoms with Crippen molar-refractivity contribution >= 4 is 17.5 Å². The number of carbonyl (C=O) groups excluding carboxylic acids is 1. The van der Waals surface area contributed by atoms with Crippen LogP contribution in [0.4, 0.5) is 0 Å². The zero-order valence-corrected chi connectivity index (χ0v) is 12.4. The van der Waals surface area contributed by atoms with Crippen LogP contribution >= 0.6 is 11.6 Å². The number of hydrogen-bond acceptors (Lipinski definition) is 2. The van der Waals surface area contributed by atoms with E-state index in [0.717, 1.165) is 12.8 Å². The van der Waals surface area contributed by atoms with Gasteiger partial charge in [0.1, 0.15) is 5.75 Å². The quantitative estimate of drug-likeness (QED) is 0.731. The predicted molar refractivity (Wildman–Crippen MR) is 79.1 cm³/mol. The second-order valence-electron chi connectivity index (χ2n) is 4.51. The molecule has 0 aliphatic heterocycles. The standard InChI is InChI=1S/C15H22ClNO2/c1-3-4-5-6-7-10-17-15(18)13-11-12(16)8-9-14(13)19-2/h8-9,11H,3-7,10H2,1-2H3,(H,17,18). The van der Waals surface area contributed by atoms with E-state index in [9.17, 15) is 4.79 Å². The maximum absolute atomic E-state index is 12.0. The van der Waals surface area contributed by atoms with Gasteiger partial charge in [0.2, 0.25) is 0 Å². The molecule has 0 saturated heterocycles. The summed E-state index contributed by atoms with van der Waals surface area (Å²) in [5.41, 5.74) is 0.489. The van der Waals surface area contributed by atoms with Gasteiger partial charge in [0.05, 0.1) is 12.7 Å². The summed E-state index contributed by atoms with van der Waals surface area (Å²) in [5, 5.41) is 3.44. The Morgan fingerprint density at radius 1 is 1.26 bits per heavy atom. The third-order valence-corrected chi connectivity index (χ3v) is 3.21. The van der Waals surface area contributed by atoms with Gasteiger partial charge in [-0.3, -0.25) is 4.79 Å². The summed E-state index contributed by atoms with van der Waals surface area (Å²) in [6.45, 7) is 2.88. The van der Waals surface area contributed by atoms with E-state index >= 15 is 0 Å². The highest BCUT2D eigenvalue weighted by Gasteiger charge is 2.12. The maximum atomic E-state index is 12.0. The van der Waals surface area contributed by atoms with Crippen LogP contribution in [0.15, 0.2) is 18.2 Å². The molecule has 4 heteroatoms. The highest BCUT2D eigenvalue weighted by molar-refractivity contribution is 6.31. The Kier molecular flexibility index (Phi) is 7.34. The molecule has 19 heavy (non-hydrogen) atoms. The lowest BCUT2D eigenvalue weighted by atomic mass is 10.1. The summed E-state index contributed by atoms with van der Waals surface area (Å²) in [5.74, 6) is 0.419. The van der Waals surface area contributed by atoms with Gasteiger partial charge in [-0.15, -0.1) is 0 Å². The topological polar surface area (TPSA) is 38.3 Å². The third kappa shape index (κ3) is 5.52. The zero-order chi connectivity index (χ0) is 14.1. The first-order valence-electron chi connectivity index (χ1n) is 6.80. The van der Waals surface area contributed by atoms with Crippen molar-refractivity contribution < 1.29 is 9.53 Å². The average molecular weight is 284 g/mol. The number of rotatable bonds is 8. The van der Waals surface area contributed by atoms with Crippen molar-refractivity contribution in [2.45, 2.75) is 39.0 Å². The number of benzene rings is 1. The molecule has 0 heterocycles. The maximum Gasteiger partial charge on any atom is 0.255 e. The number of hydrogen-bond donors (Lipinski definition) is 1. The Hall–Kier alpha value is -1.22. The molecule has 3 nitrogen and oxygen atoms in total. The molecule has 0 unspecified atom stereocenters. The summed E-state index contributed by atoms with van der Waals surface area (Å²) in [4.78, 5) is 12.0. The second-order valence-corrected chi connectivity index (χ2v) is 4.95. The van der Waals surface area contributed by atoms with Crippen LogP contribution < -0.4 is 10.1 Å². The van der Waals surface area contributed by atoms with Gasteiger partial charge in [0, 0.05) is 11.6 Å². The highest BCUT2D eigenvalue weighted by Crippen LogP contribution is 2.22. The molecule has 0 aromatic heterocycles. The summed E-state index contributed by atoms with van der Waals surface area (Å²) in [6, 6.07) is 5.05. The van der Waals surface area contributed by atoms with Crippen LogP contribution in [0.25, 0.3) is 0 Å². The van der Waals surface area contributed by atoms with E-state index in [-0.39, 0.29) is 5.91 Å². The van der Waals surface area contributed by atoms with Gasteiger partial charge in [-0.1, -0.05) is 44.2 Å². The number of unbranched alkanes of at least 4 members (excludes halogenated alkanes) is 4. The molecule has 1 aromatic carbocycles. The lowest BCUT2D eigenvalue weighted by Crippen LogP contribution is -2.24. The van der Waals surface area contributed by atoms with Crippen LogP contribution in [0.3, 0.4) is 0 Å². The molecular formula is C15H22ClNO2. The van der Waals surface area contributed by atoms with E-state index in [0.29, 0.717) is 22.9 Å². The zero-order valence-electron chi connectivity index (χ0n) is 11.7. The minimum Gasteiger partial charge on any atom is -0.496 e. The molecule has 0 aliphatic carbocycles. The predicted octanol–water partition coefficient (Wildman–Crippen LogP) is 4.05. The minimum absolute atomic E-state index is 0.130. The second kappa shape index (κ2) is 8.81. The van der Waals surface area contributed by atoms with Crippen molar-refractivity contribution in [2.24, 2.45) is 0 Å². The molecule has 0 spiro atoms. The summed E-state index contributed by atoms with van der Waals surface area (Å²) >= 11 is 5.90. The molecule has 0 saturated carbocycles. The molecule has 106 valence electrons. The Morgan fingerprint density at radius 2 is 2.00 bits per heavy atom. The van der Waals surface area contributed by atoms with E-state index in [1.54, 1.807) is 25.3 Å². The first-order chi connectivity index (χ1) is 9.19. The minimum atomic E-state index is -0.130. The Morgan fingerprint density at radius 3 is 2.68 bits per heavy atom. The number of nitrogens with one attached hydrogen (secondary N) is 1. The van der Waals surface area contributed by atoms with Crippen molar-refractivity contribution in [3.8, 4) is 5.75 Å². The first-order valence-corrected chi connectivity index (χ1v) is 7.18. The molecular weight excluding hydrogens is 262 g/mol. The van der Waals surface area contributed by atoms with Gasteiger partial charge in [0.15, 0.2) is 0 Å². The van der Waals surface area contributed by atoms with Gasteiger partial charge in [0.25, 0.3) is 5.91 Å². The summed E-state index contributed by atoms with van der Waals surface area (Å²) in [6.07, 6.45) is 5.88. The number of carbonyl (C=O) groups is 1. The van der Waals surface area contributed by atoms with Gasteiger partial charge in [-0.25, -0.2) is 0 Å². The van der Waals surface area contributed by atoms with E-state index < -0.39 is 0 Å². The fourth-order valence-electron chi connectivity index (χ4n) is 1.88. The molecule has 1 aromatic rings. The fraction of sp³-hybridized carbons (Fsp3) is 0.533. The monoisotopic (exact) mass is 283 g/mol. The first kappa shape index (κ1) is 15.8. The van der Waals surface area contributed by atoms with Crippen molar-refractivity contribution in [2.75, 3.05) is 13.7 Å². The summed E-state index contributed by atoms with van der Waals surface area (Å²) < 4.78 is 5.16. The van der Waals surface area contributed by atoms with Gasteiger partial charge in [-0.2, -0.15) is 0 Å². The smallest absolute Gasteiger partial charge is 0.255 e. The van der Waals surface area contributed by atoms with Crippen LogP contribution in [0.2, 0.25) is 5.02 Å². The van der Waals surface area contributed by atoms with Gasteiger partial charge < -0.3 is 10.1 Å². The number of ether oxygens (including phenoxy) is 1. The Balaban J connectivity index is 2.43. The van der Waals surface area contributed by atoms with Crippen LogP contribution in [0.5, 0.6) is 5.75 Å². The van der Waals surface area contributed by atoms with Crippen molar-refractivity contribution in [1.82, 2.24) is 5.32 Å². The highest BCUT2D eigenvalue weighted by atomic mass is 35.5. The van der Waals surface area contributed by atoms with Crippen LogP contribution in [0.1, 0.15) is 49.4 Å². The molecule has 0 radical (unpaired) electrons. The molecule has 0 aliphatic rings. The van der Waals surface area contributed by atoms with Gasteiger partial charge in [-0.05, 0) is 24.6 Å². The Labute approximate surface area is 120 Å². The van der Waals surface area contributed by atoms with E-state index in [4.69, 9.17) is 16.3 Å². The van der Waals surface area contributed by atoms with Crippen LogP contribution in [0, 0.1) is 0 Å². The van der Waals surface area contributed by atoms with Crippen molar-refractivity contribution in [3.63, 3.8) is 0 Å². The lowest BCUT2D eigenvalue weighted by molar-refractivity contribution is 0.0950. The molecule has 0 bridgehead atoms. The third-order valence-electron chi connectivity index (χ3n) is 2.97. The normalized spacial score (nSPS) is 10.3.